The molecule has 0 saturated carbocycles. The molecule has 0 aliphatic rings. The maximum Gasteiger partial charge on any atom is 0.264 e. The zero-order valence-corrected chi connectivity index (χ0v) is 19.0. The summed E-state index contributed by atoms with van der Waals surface area (Å²) in [6, 6.07) is 13.2. The van der Waals surface area contributed by atoms with Gasteiger partial charge in [-0.3, -0.25) is 4.18 Å². The molecule has 3 aromatic rings. The van der Waals surface area contributed by atoms with Crippen LogP contribution in [-0.4, -0.2) is 56.9 Å². The maximum atomic E-state index is 11.4. The molecule has 0 amide bonds. The lowest BCUT2D eigenvalue weighted by Crippen LogP contribution is -2.49. The number of nitrogens with one attached hydrogen (secondary N) is 1. The first-order chi connectivity index (χ1) is 14.7. The van der Waals surface area contributed by atoms with E-state index in [0.29, 0.717) is 17.3 Å². The van der Waals surface area contributed by atoms with E-state index in [2.05, 4.69) is 5.32 Å². The fraction of sp³-hybridized carbons (Fsp3) is 0.364. The second-order valence-electron chi connectivity index (χ2n) is 7.63. The monoisotopic (exact) mass is 467 g/mol. The summed E-state index contributed by atoms with van der Waals surface area (Å²) in [7, 11) is -3.65. The fourth-order valence-corrected chi connectivity index (χ4v) is 4.14. The van der Waals surface area contributed by atoms with Crippen LogP contribution in [0.25, 0.3) is 21.5 Å². The van der Waals surface area contributed by atoms with Gasteiger partial charge in [0, 0.05) is 17.3 Å². The van der Waals surface area contributed by atoms with Gasteiger partial charge in [0.1, 0.15) is 12.4 Å². The zero-order valence-electron chi connectivity index (χ0n) is 17.4. The molecule has 3 N–H and O–H groups in total. The molecule has 0 aromatic heterocycles. The lowest BCUT2D eigenvalue weighted by atomic mass is 9.94. The molecular formula is C22H26ClNO6S. The number of aliphatic hydroxyl groups excluding tert-OH is 2. The van der Waals surface area contributed by atoms with Gasteiger partial charge in [0.25, 0.3) is 10.1 Å². The summed E-state index contributed by atoms with van der Waals surface area (Å²) in [5.41, 5.74) is -0.0651. The molecule has 0 saturated heterocycles. The molecule has 0 fully saturated rings. The average molecular weight is 468 g/mol. The second kappa shape index (κ2) is 9.68. The van der Waals surface area contributed by atoms with Crippen molar-refractivity contribution in [2.24, 2.45) is 0 Å². The third-order valence-corrected chi connectivity index (χ3v) is 5.89. The largest absolute Gasteiger partial charge is 0.490 e. The Morgan fingerprint density at radius 2 is 1.74 bits per heavy atom. The van der Waals surface area contributed by atoms with Gasteiger partial charge >= 0.3 is 0 Å². The number of hydrogen-bond donors (Lipinski definition) is 3. The van der Waals surface area contributed by atoms with Crippen LogP contribution in [0.1, 0.15) is 12.5 Å². The van der Waals surface area contributed by atoms with E-state index >= 15 is 0 Å². The molecule has 0 spiro atoms. The van der Waals surface area contributed by atoms with E-state index in [1.54, 1.807) is 13.0 Å². The molecule has 7 nitrogen and oxygen atoms in total. The van der Waals surface area contributed by atoms with Crippen molar-refractivity contribution in [1.29, 1.82) is 0 Å². The molecule has 0 bridgehead atoms. The minimum atomic E-state index is -3.65. The summed E-state index contributed by atoms with van der Waals surface area (Å²) >= 11 is 6.54. The smallest absolute Gasteiger partial charge is 0.264 e. The Morgan fingerprint density at radius 3 is 2.39 bits per heavy atom. The van der Waals surface area contributed by atoms with Gasteiger partial charge in [0.05, 0.1) is 36.6 Å². The number of hydrogen-bond acceptors (Lipinski definition) is 7. The Hall–Kier alpha value is -1.94. The summed E-state index contributed by atoms with van der Waals surface area (Å²) in [6.45, 7) is 1.48. The molecule has 1 unspecified atom stereocenters. The van der Waals surface area contributed by atoms with E-state index in [0.717, 1.165) is 33.4 Å². The van der Waals surface area contributed by atoms with E-state index in [1.807, 2.05) is 36.4 Å². The molecule has 0 aliphatic carbocycles. The van der Waals surface area contributed by atoms with Crippen LogP contribution in [-0.2, 0) is 20.8 Å². The molecule has 0 aliphatic heterocycles. The Kier molecular flexibility index (Phi) is 7.41. The normalized spacial score (nSPS) is 14.1. The van der Waals surface area contributed by atoms with E-state index < -0.39 is 15.7 Å². The molecule has 1 atom stereocenters. The van der Waals surface area contributed by atoms with Gasteiger partial charge < -0.3 is 20.3 Å². The third-order valence-electron chi connectivity index (χ3n) is 5.03. The van der Waals surface area contributed by atoms with E-state index in [4.69, 9.17) is 20.5 Å². The first kappa shape index (κ1) is 23.7. The zero-order chi connectivity index (χ0) is 22.6. The van der Waals surface area contributed by atoms with Crippen molar-refractivity contribution < 1.29 is 27.6 Å². The van der Waals surface area contributed by atoms with Crippen LogP contribution < -0.4 is 10.1 Å². The topological polar surface area (TPSA) is 105 Å². The SMILES string of the molecule is CC(CO)(COS(C)(=O)=O)NCc1c2ccccc2c(OCCO)c2c(Cl)cccc12. The number of ether oxygens (including phenoxy) is 1. The summed E-state index contributed by atoms with van der Waals surface area (Å²) in [4.78, 5) is 0. The summed E-state index contributed by atoms with van der Waals surface area (Å²) in [5.74, 6) is 0.597. The lowest BCUT2D eigenvalue weighted by molar-refractivity contribution is 0.118. The highest BCUT2D eigenvalue weighted by Gasteiger charge is 2.26. The van der Waals surface area contributed by atoms with Gasteiger partial charge in [0.2, 0.25) is 0 Å². The lowest BCUT2D eigenvalue weighted by Gasteiger charge is -2.29. The quantitative estimate of drug-likeness (QED) is 0.311. The van der Waals surface area contributed by atoms with Gasteiger partial charge in [-0.05, 0) is 29.3 Å². The Bertz CT molecular complexity index is 1180. The highest BCUT2D eigenvalue weighted by molar-refractivity contribution is 7.85. The van der Waals surface area contributed by atoms with Crippen molar-refractivity contribution in [2.45, 2.75) is 19.0 Å². The minimum absolute atomic E-state index is 0.126. The van der Waals surface area contributed by atoms with Crippen LogP contribution in [0.15, 0.2) is 42.5 Å². The Balaban J connectivity index is 2.10. The highest BCUT2D eigenvalue weighted by atomic mass is 35.5. The van der Waals surface area contributed by atoms with Crippen LogP contribution in [0.3, 0.4) is 0 Å². The maximum absolute atomic E-state index is 11.4. The van der Waals surface area contributed by atoms with Crippen molar-refractivity contribution >= 4 is 43.3 Å². The van der Waals surface area contributed by atoms with Gasteiger partial charge in [-0.2, -0.15) is 8.42 Å². The number of aliphatic hydroxyl groups is 2. The van der Waals surface area contributed by atoms with Gasteiger partial charge in [-0.1, -0.05) is 48.0 Å². The van der Waals surface area contributed by atoms with Crippen LogP contribution >= 0.6 is 11.6 Å². The molecule has 31 heavy (non-hydrogen) atoms. The Labute approximate surface area is 186 Å². The number of rotatable bonds is 10. The van der Waals surface area contributed by atoms with Crippen molar-refractivity contribution in [3.63, 3.8) is 0 Å². The standard InChI is InChI=1S/C22H26ClNO6S/c1-22(13-26,14-30-31(2,27)28)24-12-18-15-6-3-4-7-17(15)21(29-11-10-25)20-16(18)8-5-9-19(20)23/h3-9,24-26H,10-14H2,1-2H3. The van der Waals surface area contributed by atoms with Crippen LogP contribution in [0.5, 0.6) is 5.75 Å². The van der Waals surface area contributed by atoms with E-state index in [1.165, 1.54) is 0 Å². The van der Waals surface area contributed by atoms with Crippen molar-refractivity contribution in [1.82, 2.24) is 5.32 Å². The number of halogens is 1. The molecule has 9 heteroatoms. The molecule has 3 rings (SSSR count). The fourth-order valence-electron chi connectivity index (χ4n) is 3.41. The van der Waals surface area contributed by atoms with Gasteiger partial charge in [-0.15, -0.1) is 0 Å². The van der Waals surface area contributed by atoms with Crippen molar-refractivity contribution in [2.75, 3.05) is 32.7 Å². The van der Waals surface area contributed by atoms with Crippen molar-refractivity contribution in [3.8, 4) is 5.75 Å². The van der Waals surface area contributed by atoms with E-state index in [-0.39, 0.29) is 26.4 Å². The van der Waals surface area contributed by atoms with Crippen LogP contribution in [0.2, 0.25) is 5.02 Å². The molecule has 0 heterocycles. The molecular weight excluding hydrogens is 442 g/mol. The second-order valence-corrected chi connectivity index (χ2v) is 9.68. The molecule has 168 valence electrons. The van der Waals surface area contributed by atoms with Crippen LogP contribution in [0, 0.1) is 0 Å². The summed E-state index contributed by atoms with van der Waals surface area (Å²) < 4.78 is 33.6. The predicted octanol–water partition coefficient (Wildman–Crippen LogP) is 2.83. The van der Waals surface area contributed by atoms with Gasteiger partial charge in [0.15, 0.2) is 0 Å². The molecule has 0 radical (unpaired) electrons. The summed E-state index contributed by atoms with van der Waals surface area (Å²) in [6.07, 6.45) is 0.971. The molecule has 3 aromatic carbocycles. The van der Waals surface area contributed by atoms with Gasteiger partial charge in [-0.25, -0.2) is 0 Å². The first-order valence-electron chi connectivity index (χ1n) is 9.75. The van der Waals surface area contributed by atoms with Crippen LogP contribution in [0.4, 0.5) is 0 Å². The number of fused-ring (bicyclic) bond motifs is 2. The summed E-state index contributed by atoms with van der Waals surface area (Å²) in [5, 5.41) is 26.2. The van der Waals surface area contributed by atoms with E-state index in [9.17, 15) is 18.6 Å². The Morgan fingerprint density at radius 1 is 1.06 bits per heavy atom. The predicted molar refractivity (Wildman–Crippen MR) is 122 cm³/mol. The van der Waals surface area contributed by atoms with Crippen molar-refractivity contribution in [3.05, 3.63) is 53.1 Å². The highest BCUT2D eigenvalue weighted by Crippen LogP contribution is 2.41. The average Bonchev–Trinajstić information content (AvgIpc) is 2.74. The minimum Gasteiger partial charge on any atom is -0.490 e. The third kappa shape index (κ3) is 5.46. The first-order valence-corrected chi connectivity index (χ1v) is 11.9. The number of benzene rings is 3.